The van der Waals surface area contributed by atoms with Crippen LogP contribution in [0.25, 0.3) is 0 Å². The second-order valence-corrected chi connectivity index (χ2v) is 5.17. The van der Waals surface area contributed by atoms with E-state index in [1.165, 1.54) is 32.1 Å². The number of nitrogen functional groups attached to an aromatic ring is 1. The summed E-state index contributed by atoms with van der Waals surface area (Å²) in [6.07, 6.45) is 6.63. The zero-order valence-electron chi connectivity index (χ0n) is 10.9. The lowest BCUT2D eigenvalue weighted by Gasteiger charge is -2.29. The zero-order valence-corrected chi connectivity index (χ0v) is 10.9. The molecule has 1 aromatic rings. The highest BCUT2D eigenvalue weighted by atomic mass is 16.5. The van der Waals surface area contributed by atoms with E-state index >= 15 is 0 Å². The van der Waals surface area contributed by atoms with Gasteiger partial charge in [0.05, 0.1) is 11.8 Å². The van der Waals surface area contributed by atoms with Crippen molar-refractivity contribution in [1.82, 2.24) is 0 Å². The van der Waals surface area contributed by atoms with Crippen LogP contribution in [0.2, 0.25) is 0 Å². The Kier molecular flexibility index (Phi) is 3.93. The van der Waals surface area contributed by atoms with Gasteiger partial charge in [-0.1, -0.05) is 31.9 Å². The van der Waals surface area contributed by atoms with Gasteiger partial charge in [-0.05, 0) is 43.7 Å². The summed E-state index contributed by atoms with van der Waals surface area (Å²) >= 11 is 0. The topological polar surface area (TPSA) is 35.2 Å². The van der Waals surface area contributed by atoms with Gasteiger partial charge >= 0.3 is 0 Å². The third kappa shape index (κ3) is 2.93. The van der Waals surface area contributed by atoms with Gasteiger partial charge in [-0.3, -0.25) is 0 Å². The molecule has 0 heterocycles. The van der Waals surface area contributed by atoms with Crippen LogP contribution in [0.15, 0.2) is 18.2 Å². The number of hydrogen-bond acceptors (Lipinski definition) is 2. The lowest BCUT2D eigenvalue weighted by atomic mass is 9.85. The van der Waals surface area contributed by atoms with Gasteiger partial charge in [-0.15, -0.1) is 0 Å². The van der Waals surface area contributed by atoms with Crippen LogP contribution < -0.4 is 10.5 Å². The Morgan fingerprint density at radius 2 is 2.18 bits per heavy atom. The molecule has 0 saturated heterocycles. The van der Waals surface area contributed by atoms with Gasteiger partial charge in [0, 0.05) is 0 Å². The first-order valence-corrected chi connectivity index (χ1v) is 6.72. The minimum atomic E-state index is 0.359. The molecule has 2 rings (SSSR count). The first kappa shape index (κ1) is 12.3. The molecule has 0 amide bonds. The van der Waals surface area contributed by atoms with Crippen LogP contribution in [0.5, 0.6) is 5.75 Å². The van der Waals surface area contributed by atoms with Crippen molar-refractivity contribution in [3.63, 3.8) is 0 Å². The Bertz CT molecular complexity index is 375. The Hall–Kier alpha value is -1.18. The molecule has 1 aliphatic carbocycles. The van der Waals surface area contributed by atoms with E-state index in [0.29, 0.717) is 6.10 Å². The number of hydrogen-bond donors (Lipinski definition) is 1. The number of rotatable bonds is 3. The highest BCUT2D eigenvalue weighted by Gasteiger charge is 2.22. The zero-order chi connectivity index (χ0) is 12.3. The standard InChI is InChI=1S/C15H23NO/c1-3-12-7-5-8-13(10-12)17-14-9-4-6-11(2)15(14)16/h4,6,9,12-13H,3,5,7-8,10,16H2,1-2H3. The average Bonchev–Trinajstić information content (AvgIpc) is 2.35. The SMILES string of the molecule is CCC1CCCC(Oc2cccc(C)c2N)C1. The van der Waals surface area contributed by atoms with E-state index < -0.39 is 0 Å². The molecule has 2 nitrogen and oxygen atoms in total. The molecule has 1 fully saturated rings. The van der Waals surface area contributed by atoms with E-state index in [1.54, 1.807) is 0 Å². The predicted molar refractivity (Wildman–Crippen MR) is 72.3 cm³/mol. The van der Waals surface area contributed by atoms with Crippen molar-refractivity contribution in [2.75, 3.05) is 5.73 Å². The average molecular weight is 233 g/mol. The van der Waals surface area contributed by atoms with Gasteiger partial charge in [-0.2, -0.15) is 0 Å². The van der Waals surface area contributed by atoms with Crippen LogP contribution in [0.4, 0.5) is 5.69 Å². The van der Waals surface area contributed by atoms with E-state index in [9.17, 15) is 0 Å². The summed E-state index contributed by atoms with van der Waals surface area (Å²) in [6.45, 7) is 4.30. The largest absolute Gasteiger partial charge is 0.488 e. The summed E-state index contributed by atoms with van der Waals surface area (Å²) in [7, 11) is 0. The van der Waals surface area contributed by atoms with Crippen LogP contribution >= 0.6 is 0 Å². The van der Waals surface area contributed by atoms with Crippen LogP contribution in [0, 0.1) is 12.8 Å². The third-order valence-electron chi connectivity index (χ3n) is 3.89. The number of benzene rings is 1. The molecule has 1 aliphatic rings. The number of para-hydroxylation sites is 1. The molecular formula is C15H23NO. The molecule has 0 bridgehead atoms. The van der Waals surface area contributed by atoms with Crippen LogP contribution in [-0.4, -0.2) is 6.10 Å². The number of aryl methyl sites for hydroxylation is 1. The van der Waals surface area contributed by atoms with Gasteiger partial charge in [-0.25, -0.2) is 0 Å². The first-order chi connectivity index (χ1) is 8.20. The summed E-state index contributed by atoms with van der Waals surface area (Å²) in [6, 6.07) is 6.02. The maximum Gasteiger partial charge on any atom is 0.142 e. The van der Waals surface area contributed by atoms with Crippen molar-refractivity contribution in [3.05, 3.63) is 23.8 Å². The molecule has 1 saturated carbocycles. The van der Waals surface area contributed by atoms with Crippen LogP contribution in [0.1, 0.15) is 44.6 Å². The molecule has 0 aliphatic heterocycles. The monoisotopic (exact) mass is 233 g/mol. The fourth-order valence-electron chi connectivity index (χ4n) is 2.66. The minimum Gasteiger partial charge on any atom is -0.488 e. The lowest BCUT2D eigenvalue weighted by Crippen LogP contribution is -2.25. The molecule has 0 spiro atoms. The number of nitrogens with two attached hydrogens (primary N) is 1. The highest BCUT2D eigenvalue weighted by molar-refractivity contribution is 5.57. The molecule has 0 aromatic heterocycles. The Balaban J connectivity index is 2.02. The molecular weight excluding hydrogens is 210 g/mol. The second-order valence-electron chi connectivity index (χ2n) is 5.17. The fourth-order valence-corrected chi connectivity index (χ4v) is 2.66. The first-order valence-electron chi connectivity index (χ1n) is 6.72. The van der Waals surface area contributed by atoms with Crippen LogP contribution in [0.3, 0.4) is 0 Å². The Morgan fingerprint density at radius 3 is 2.94 bits per heavy atom. The van der Waals surface area contributed by atoms with Gasteiger partial charge in [0.25, 0.3) is 0 Å². The Morgan fingerprint density at radius 1 is 1.35 bits per heavy atom. The quantitative estimate of drug-likeness (QED) is 0.803. The summed E-state index contributed by atoms with van der Waals surface area (Å²) in [5.74, 6) is 1.70. The van der Waals surface area contributed by atoms with Crippen molar-refractivity contribution in [3.8, 4) is 5.75 Å². The molecule has 94 valence electrons. The maximum atomic E-state index is 6.07. The van der Waals surface area contributed by atoms with Crippen molar-refractivity contribution in [2.24, 2.45) is 5.92 Å². The second kappa shape index (κ2) is 5.44. The molecule has 0 radical (unpaired) electrons. The summed E-state index contributed by atoms with van der Waals surface area (Å²) in [5, 5.41) is 0. The summed E-state index contributed by atoms with van der Waals surface area (Å²) in [4.78, 5) is 0. The molecule has 2 N–H and O–H groups in total. The van der Waals surface area contributed by atoms with Gasteiger partial charge in [0.1, 0.15) is 5.75 Å². The van der Waals surface area contributed by atoms with Gasteiger partial charge in [0.15, 0.2) is 0 Å². The van der Waals surface area contributed by atoms with E-state index in [2.05, 4.69) is 6.92 Å². The highest BCUT2D eigenvalue weighted by Crippen LogP contribution is 2.32. The van der Waals surface area contributed by atoms with E-state index in [4.69, 9.17) is 10.5 Å². The van der Waals surface area contributed by atoms with Gasteiger partial charge < -0.3 is 10.5 Å². The molecule has 2 unspecified atom stereocenters. The van der Waals surface area contributed by atoms with Crippen molar-refractivity contribution in [1.29, 1.82) is 0 Å². The van der Waals surface area contributed by atoms with Gasteiger partial charge in [0.2, 0.25) is 0 Å². The summed E-state index contributed by atoms with van der Waals surface area (Å²) < 4.78 is 6.07. The van der Waals surface area contributed by atoms with E-state index in [-0.39, 0.29) is 0 Å². The number of ether oxygens (including phenoxy) is 1. The predicted octanol–water partition coefficient (Wildman–Crippen LogP) is 3.92. The normalized spacial score (nSPS) is 24.6. The fraction of sp³-hybridized carbons (Fsp3) is 0.600. The van der Waals surface area contributed by atoms with Crippen LogP contribution in [-0.2, 0) is 0 Å². The smallest absolute Gasteiger partial charge is 0.142 e. The van der Waals surface area contributed by atoms with Crippen molar-refractivity contribution in [2.45, 2.75) is 52.1 Å². The molecule has 2 heteroatoms. The van der Waals surface area contributed by atoms with E-state index in [1.807, 2.05) is 25.1 Å². The minimum absolute atomic E-state index is 0.359. The Labute approximate surface area is 104 Å². The van der Waals surface area contributed by atoms with E-state index in [0.717, 1.165) is 22.9 Å². The van der Waals surface area contributed by atoms with Crippen molar-refractivity contribution >= 4 is 5.69 Å². The maximum absolute atomic E-state index is 6.07. The number of anilines is 1. The molecule has 1 aromatic carbocycles. The third-order valence-corrected chi connectivity index (χ3v) is 3.89. The summed E-state index contributed by atoms with van der Waals surface area (Å²) in [5.41, 5.74) is 7.94. The molecule has 17 heavy (non-hydrogen) atoms. The lowest BCUT2D eigenvalue weighted by molar-refractivity contribution is 0.123. The van der Waals surface area contributed by atoms with Crippen molar-refractivity contribution < 1.29 is 4.74 Å². The molecule has 2 atom stereocenters.